The quantitative estimate of drug-likeness (QED) is 0.747. The topological polar surface area (TPSA) is 12.0 Å². The van der Waals surface area contributed by atoms with Crippen molar-refractivity contribution in [2.75, 3.05) is 6.54 Å². The van der Waals surface area contributed by atoms with Gasteiger partial charge in [0.25, 0.3) is 0 Å². The van der Waals surface area contributed by atoms with Crippen LogP contribution in [0.3, 0.4) is 0 Å². The first-order valence-corrected chi connectivity index (χ1v) is 5.58. The Morgan fingerprint density at radius 1 is 1.18 bits per heavy atom. The van der Waals surface area contributed by atoms with Gasteiger partial charge in [-0.05, 0) is 37.1 Å². The summed E-state index contributed by atoms with van der Waals surface area (Å²) in [6.45, 7) is 0.795. The predicted molar refractivity (Wildman–Crippen MR) is 56.0 cm³/mol. The largest absolute Gasteiger partial charge is 0.419 e. The maximum Gasteiger partial charge on any atom is 0.419 e. The van der Waals surface area contributed by atoms with E-state index in [1.165, 1.54) is 6.07 Å². The van der Waals surface area contributed by atoms with E-state index in [4.69, 9.17) is 0 Å². The van der Waals surface area contributed by atoms with Gasteiger partial charge < -0.3 is 5.32 Å². The first kappa shape index (κ1) is 12.4. The molecule has 0 aliphatic carbocycles. The summed E-state index contributed by atoms with van der Waals surface area (Å²) in [7, 11) is 0. The predicted octanol–water partition coefficient (Wildman–Crippen LogP) is 3.66. The first-order chi connectivity index (χ1) is 7.98. The Kier molecular flexibility index (Phi) is 3.38. The zero-order valence-corrected chi connectivity index (χ0v) is 9.15. The lowest BCUT2D eigenvalue weighted by Gasteiger charge is -2.24. The van der Waals surface area contributed by atoms with Crippen molar-refractivity contribution in [2.45, 2.75) is 31.5 Å². The molecule has 0 bridgehead atoms. The monoisotopic (exact) mass is 247 g/mol. The molecule has 0 saturated carbocycles. The molecule has 1 aliphatic rings. The first-order valence-electron chi connectivity index (χ1n) is 5.58. The van der Waals surface area contributed by atoms with Gasteiger partial charge in [-0.1, -0.05) is 12.5 Å². The molecule has 1 atom stereocenters. The molecule has 0 amide bonds. The molecule has 1 unspecified atom stereocenters. The van der Waals surface area contributed by atoms with Crippen molar-refractivity contribution in [1.29, 1.82) is 0 Å². The number of benzene rings is 1. The Labute approximate surface area is 96.8 Å². The highest BCUT2D eigenvalue weighted by atomic mass is 19.4. The van der Waals surface area contributed by atoms with Crippen LogP contribution in [0.5, 0.6) is 0 Å². The summed E-state index contributed by atoms with van der Waals surface area (Å²) in [5, 5.41) is 3.14. The van der Waals surface area contributed by atoms with Crippen LogP contribution in [0.2, 0.25) is 0 Å². The molecule has 1 aromatic rings. The summed E-state index contributed by atoms with van der Waals surface area (Å²) in [6, 6.07) is 3.14. The van der Waals surface area contributed by atoms with Crippen molar-refractivity contribution in [3.05, 3.63) is 35.1 Å². The molecule has 5 heteroatoms. The van der Waals surface area contributed by atoms with Crippen LogP contribution in [0.4, 0.5) is 17.6 Å². The number of halogens is 4. The summed E-state index contributed by atoms with van der Waals surface area (Å²) in [5.41, 5.74) is -0.666. The Morgan fingerprint density at radius 3 is 2.53 bits per heavy atom. The fourth-order valence-corrected chi connectivity index (χ4v) is 2.11. The Bertz CT molecular complexity index is 394. The zero-order valence-electron chi connectivity index (χ0n) is 9.15. The van der Waals surface area contributed by atoms with Gasteiger partial charge in [0.2, 0.25) is 0 Å². The molecule has 0 radical (unpaired) electrons. The Morgan fingerprint density at radius 2 is 1.94 bits per heavy atom. The summed E-state index contributed by atoms with van der Waals surface area (Å²) in [5.74, 6) is -1.21. The highest BCUT2D eigenvalue weighted by Crippen LogP contribution is 2.34. The minimum atomic E-state index is -4.63. The third-order valence-electron chi connectivity index (χ3n) is 3.01. The van der Waals surface area contributed by atoms with Crippen molar-refractivity contribution in [3.8, 4) is 0 Å². The van der Waals surface area contributed by atoms with Crippen LogP contribution in [0.15, 0.2) is 18.2 Å². The number of alkyl halides is 3. The second-order valence-corrected chi connectivity index (χ2v) is 4.24. The molecular weight excluding hydrogens is 234 g/mol. The van der Waals surface area contributed by atoms with Crippen LogP contribution in [0, 0.1) is 5.82 Å². The fraction of sp³-hybridized carbons (Fsp3) is 0.500. The number of nitrogens with one attached hydrogen (secondary N) is 1. The van der Waals surface area contributed by atoms with Crippen LogP contribution in [0.1, 0.15) is 36.4 Å². The average molecular weight is 247 g/mol. The summed E-state index contributed by atoms with van der Waals surface area (Å²) < 4.78 is 50.7. The van der Waals surface area contributed by atoms with E-state index < -0.39 is 17.6 Å². The zero-order chi connectivity index (χ0) is 12.5. The second-order valence-electron chi connectivity index (χ2n) is 4.24. The van der Waals surface area contributed by atoms with E-state index in [-0.39, 0.29) is 6.04 Å². The van der Waals surface area contributed by atoms with Gasteiger partial charge in [0.05, 0.1) is 5.56 Å². The standard InChI is InChI=1S/C12H13F4N/c13-10-5-4-8(7-9(10)12(14,15)16)11-3-1-2-6-17-11/h4-5,7,11,17H,1-3,6H2. The van der Waals surface area contributed by atoms with E-state index in [9.17, 15) is 17.6 Å². The summed E-state index contributed by atoms with van der Waals surface area (Å²) in [6.07, 6.45) is -1.82. The average Bonchev–Trinajstić information content (AvgIpc) is 2.29. The summed E-state index contributed by atoms with van der Waals surface area (Å²) in [4.78, 5) is 0. The summed E-state index contributed by atoms with van der Waals surface area (Å²) >= 11 is 0. The van der Waals surface area contributed by atoms with E-state index >= 15 is 0 Å². The van der Waals surface area contributed by atoms with E-state index in [1.54, 1.807) is 0 Å². The number of rotatable bonds is 1. The van der Waals surface area contributed by atoms with Crippen LogP contribution < -0.4 is 5.32 Å². The highest BCUT2D eigenvalue weighted by molar-refractivity contribution is 5.29. The van der Waals surface area contributed by atoms with E-state index in [2.05, 4.69) is 5.32 Å². The van der Waals surface area contributed by atoms with Crippen molar-refractivity contribution >= 4 is 0 Å². The van der Waals surface area contributed by atoms with E-state index in [0.717, 1.165) is 37.9 Å². The normalized spacial score (nSPS) is 21.5. The van der Waals surface area contributed by atoms with Crippen LogP contribution in [-0.2, 0) is 6.18 Å². The van der Waals surface area contributed by atoms with Crippen molar-refractivity contribution in [3.63, 3.8) is 0 Å². The van der Waals surface area contributed by atoms with Crippen LogP contribution in [0.25, 0.3) is 0 Å². The smallest absolute Gasteiger partial charge is 0.310 e. The van der Waals surface area contributed by atoms with Gasteiger partial charge in [0.15, 0.2) is 0 Å². The van der Waals surface area contributed by atoms with Crippen molar-refractivity contribution in [2.24, 2.45) is 0 Å². The maximum atomic E-state index is 13.1. The van der Waals surface area contributed by atoms with Crippen molar-refractivity contribution in [1.82, 2.24) is 5.32 Å². The molecule has 1 heterocycles. The fourth-order valence-electron chi connectivity index (χ4n) is 2.11. The molecular formula is C12H13F4N. The van der Waals surface area contributed by atoms with E-state index in [1.807, 2.05) is 0 Å². The maximum absolute atomic E-state index is 13.1. The van der Waals surface area contributed by atoms with E-state index in [0.29, 0.717) is 5.56 Å². The van der Waals surface area contributed by atoms with Gasteiger partial charge in [0, 0.05) is 6.04 Å². The van der Waals surface area contributed by atoms with Crippen LogP contribution in [-0.4, -0.2) is 6.54 Å². The molecule has 17 heavy (non-hydrogen) atoms. The molecule has 2 rings (SSSR count). The minimum absolute atomic E-state index is 0.0922. The Balaban J connectivity index is 2.30. The van der Waals surface area contributed by atoms with Gasteiger partial charge in [-0.15, -0.1) is 0 Å². The lowest BCUT2D eigenvalue weighted by Crippen LogP contribution is -2.27. The molecule has 0 spiro atoms. The second kappa shape index (κ2) is 4.64. The van der Waals surface area contributed by atoms with Gasteiger partial charge in [-0.3, -0.25) is 0 Å². The van der Waals surface area contributed by atoms with Crippen LogP contribution >= 0.6 is 0 Å². The van der Waals surface area contributed by atoms with Gasteiger partial charge in [-0.2, -0.15) is 13.2 Å². The van der Waals surface area contributed by atoms with Crippen molar-refractivity contribution < 1.29 is 17.6 Å². The number of hydrogen-bond acceptors (Lipinski definition) is 1. The molecule has 1 aliphatic heterocycles. The molecule has 1 fully saturated rings. The van der Waals surface area contributed by atoms with Gasteiger partial charge in [0.1, 0.15) is 5.82 Å². The lowest BCUT2D eigenvalue weighted by atomic mass is 9.96. The van der Waals surface area contributed by atoms with Gasteiger partial charge >= 0.3 is 6.18 Å². The molecule has 1 aromatic carbocycles. The molecule has 1 nitrogen and oxygen atoms in total. The SMILES string of the molecule is Fc1ccc(C2CCCCN2)cc1C(F)(F)F. The number of piperidine rings is 1. The Hall–Kier alpha value is -1.10. The molecule has 1 N–H and O–H groups in total. The third-order valence-corrected chi connectivity index (χ3v) is 3.01. The molecule has 0 aromatic heterocycles. The number of hydrogen-bond donors (Lipinski definition) is 1. The van der Waals surface area contributed by atoms with Gasteiger partial charge in [-0.25, -0.2) is 4.39 Å². The molecule has 1 saturated heterocycles. The highest BCUT2D eigenvalue weighted by Gasteiger charge is 2.34. The minimum Gasteiger partial charge on any atom is -0.310 e. The lowest BCUT2D eigenvalue weighted by molar-refractivity contribution is -0.140. The molecule has 94 valence electrons. The third kappa shape index (κ3) is 2.77.